The Morgan fingerprint density at radius 3 is 2.62 bits per heavy atom. The second-order valence-electron chi connectivity index (χ2n) is 5.99. The summed E-state index contributed by atoms with van der Waals surface area (Å²) in [5.41, 5.74) is 4.64. The van der Waals surface area contributed by atoms with Gasteiger partial charge < -0.3 is 18.9 Å². The van der Waals surface area contributed by atoms with Crippen LogP contribution in [0, 0.1) is 0 Å². The molecular weight excluding hydrogens is 302 g/mol. The van der Waals surface area contributed by atoms with Crippen LogP contribution in [0.3, 0.4) is 0 Å². The minimum absolute atomic E-state index is 0.796. The minimum atomic E-state index is 0.796. The van der Waals surface area contributed by atoms with Gasteiger partial charge in [0.2, 0.25) is 0 Å². The molecule has 1 aliphatic heterocycles. The molecule has 0 radical (unpaired) electrons. The van der Waals surface area contributed by atoms with E-state index in [-0.39, 0.29) is 0 Å². The van der Waals surface area contributed by atoms with Gasteiger partial charge in [0.05, 0.1) is 37.7 Å². The summed E-state index contributed by atoms with van der Waals surface area (Å²) in [4.78, 5) is 6.94. The summed E-state index contributed by atoms with van der Waals surface area (Å²) in [6.07, 6.45) is 1.91. The number of imidazole rings is 1. The van der Waals surface area contributed by atoms with E-state index in [1.54, 1.807) is 7.11 Å². The molecule has 1 fully saturated rings. The zero-order valence-corrected chi connectivity index (χ0v) is 13.8. The van der Waals surface area contributed by atoms with Crippen molar-refractivity contribution >= 4 is 16.7 Å². The van der Waals surface area contributed by atoms with E-state index in [0.717, 1.165) is 49.6 Å². The van der Waals surface area contributed by atoms with Gasteiger partial charge in [-0.05, 0) is 35.9 Å². The van der Waals surface area contributed by atoms with Gasteiger partial charge in [0.25, 0.3) is 0 Å². The van der Waals surface area contributed by atoms with E-state index < -0.39 is 0 Å². The van der Waals surface area contributed by atoms with Gasteiger partial charge in [-0.25, -0.2) is 4.98 Å². The Balaban J connectivity index is 1.57. The van der Waals surface area contributed by atoms with Gasteiger partial charge >= 0.3 is 0 Å². The molecule has 1 aliphatic rings. The summed E-state index contributed by atoms with van der Waals surface area (Å²) >= 11 is 0. The third-order valence-electron chi connectivity index (χ3n) is 4.49. The monoisotopic (exact) mass is 323 g/mol. The number of rotatable bonds is 4. The van der Waals surface area contributed by atoms with Crippen molar-refractivity contribution in [1.29, 1.82) is 0 Å². The lowest BCUT2D eigenvalue weighted by Gasteiger charge is -2.28. The van der Waals surface area contributed by atoms with Gasteiger partial charge in [0, 0.05) is 25.3 Å². The summed E-state index contributed by atoms with van der Waals surface area (Å²) in [7, 11) is 1.68. The van der Waals surface area contributed by atoms with Crippen LogP contribution in [0.15, 0.2) is 48.8 Å². The second-order valence-corrected chi connectivity index (χ2v) is 5.99. The van der Waals surface area contributed by atoms with Crippen molar-refractivity contribution in [2.45, 2.75) is 6.54 Å². The van der Waals surface area contributed by atoms with E-state index in [0.29, 0.717) is 0 Å². The first-order valence-corrected chi connectivity index (χ1v) is 8.24. The molecule has 5 heteroatoms. The van der Waals surface area contributed by atoms with Gasteiger partial charge in [0.15, 0.2) is 0 Å². The number of benzene rings is 2. The van der Waals surface area contributed by atoms with Gasteiger partial charge in [-0.15, -0.1) is 0 Å². The molecule has 2 aromatic carbocycles. The molecule has 0 amide bonds. The van der Waals surface area contributed by atoms with Gasteiger partial charge in [0.1, 0.15) is 5.75 Å². The van der Waals surface area contributed by atoms with E-state index in [4.69, 9.17) is 9.47 Å². The normalized spacial score (nSPS) is 15.0. The summed E-state index contributed by atoms with van der Waals surface area (Å²) < 4.78 is 12.8. The topological polar surface area (TPSA) is 39.5 Å². The average molecular weight is 323 g/mol. The summed E-state index contributed by atoms with van der Waals surface area (Å²) in [5.74, 6) is 0.879. The molecule has 124 valence electrons. The fourth-order valence-corrected chi connectivity index (χ4v) is 3.12. The Morgan fingerprint density at radius 1 is 1.08 bits per heavy atom. The standard InChI is InChI=1S/C19H21N3O2/c1-23-17-5-2-15(3-6-17)13-22-14-20-18-12-16(4-7-19(18)22)21-8-10-24-11-9-21/h2-7,12,14H,8-11,13H2,1H3. The van der Waals surface area contributed by atoms with Crippen LogP contribution in [0.4, 0.5) is 5.69 Å². The highest BCUT2D eigenvalue weighted by atomic mass is 16.5. The number of fused-ring (bicyclic) bond motifs is 1. The molecule has 0 spiro atoms. The first-order chi connectivity index (χ1) is 11.8. The van der Waals surface area contributed by atoms with Crippen molar-refractivity contribution in [3.05, 3.63) is 54.4 Å². The quantitative estimate of drug-likeness (QED) is 0.740. The molecule has 5 nitrogen and oxygen atoms in total. The Hall–Kier alpha value is -2.53. The largest absolute Gasteiger partial charge is 0.497 e. The Morgan fingerprint density at radius 2 is 1.88 bits per heavy atom. The highest BCUT2D eigenvalue weighted by Crippen LogP contribution is 2.23. The van der Waals surface area contributed by atoms with Crippen LogP contribution in [-0.4, -0.2) is 43.0 Å². The summed E-state index contributed by atoms with van der Waals surface area (Å²) in [6, 6.07) is 14.7. The maximum atomic E-state index is 5.43. The number of aromatic nitrogens is 2. The van der Waals surface area contributed by atoms with E-state index in [1.165, 1.54) is 11.3 Å². The Kier molecular flexibility index (Phi) is 4.09. The molecule has 1 aromatic heterocycles. The molecule has 24 heavy (non-hydrogen) atoms. The number of methoxy groups -OCH3 is 1. The lowest BCUT2D eigenvalue weighted by atomic mass is 10.2. The third kappa shape index (κ3) is 2.95. The van der Waals surface area contributed by atoms with Crippen molar-refractivity contribution in [2.24, 2.45) is 0 Å². The van der Waals surface area contributed by atoms with Crippen LogP contribution in [0.2, 0.25) is 0 Å². The molecule has 0 N–H and O–H groups in total. The molecule has 0 bridgehead atoms. The van der Waals surface area contributed by atoms with Crippen molar-refractivity contribution < 1.29 is 9.47 Å². The van der Waals surface area contributed by atoms with E-state index >= 15 is 0 Å². The molecule has 0 unspecified atom stereocenters. The maximum absolute atomic E-state index is 5.43. The molecule has 0 aliphatic carbocycles. The fourth-order valence-electron chi connectivity index (χ4n) is 3.12. The maximum Gasteiger partial charge on any atom is 0.118 e. The highest BCUT2D eigenvalue weighted by Gasteiger charge is 2.13. The van der Waals surface area contributed by atoms with Gasteiger partial charge in [-0.1, -0.05) is 12.1 Å². The first kappa shape index (κ1) is 15.0. The van der Waals surface area contributed by atoms with Crippen LogP contribution in [0.1, 0.15) is 5.56 Å². The number of nitrogens with zero attached hydrogens (tertiary/aromatic N) is 3. The van der Waals surface area contributed by atoms with Crippen molar-refractivity contribution in [1.82, 2.24) is 9.55 Å². The van der Waals surface area contributed by atoms with Gasteiger partial charge in [-0.3, -0.25) is 0 Å². The zero-order chi connectivity index (χ0) is 16.4. The summed E-state index contributed by atoms with van der Waals surface area (Å²) in [6.45, 7) is 4.28. The van der Waals surface area contributed by atoms with Crippen LogP contribution >= 0.6 is 0 Å². The molecule has 0 saturated carbocycles. The first-order valence-electron chi connectivity index (χ1n) is 8.24. The van der Waals surface area contributed by atoms with Gasteiger partial charge in [-0.2, -0.15) is 0 Å². The minimum Gasteiger partial charge on any atom is -0.497 e. The van der Waals surface area contributed by atoms with E-state index in [2.05, 4.69) is 44.8 Å². The highest BCUT2D eigenvalue weighted by molar-refractivity contribution is 5.80. The Labute approximate surface area is 141 Å². The summed E-state index contributed by atoms with van der Waals surface area (Å²) in [5, 5.41) is 0. The zero-order valence-electron chi connectivity index (χ0n) is 13.8. The molecule has 0 atom stereocenters. The second kappa shape index (κ2) is 6.53. The van der Waals surface area contributed by atoms with Crippen LogP contribution in [-0.2, 0) is 11.3 Å². The molecule has 2 heterocycles. The molecule has 4 rings (SSSR count). The van der Waals surface area contributed by atoms with Crippen LogP contribution in [0.5, 0.6) is 5.75 Å². The lowest BCUT2D eigenvalue weighted by Crippen LogP contribution is -2.36. The van der Waals surface area contributed by atoms with Crippen LogP contribution < -0.4 is 9.64 Å². The number of ether oxygens (including phenoxy) is 2. The number of morpholine rings is 1. The predicted molar refractivity (Wildman–Crippen MR) is 94.9 cm³/mol. The number of hydrogen-bond acceptors (Lipinski definition) is 4. The SMILES string of the molecule is COc1ccc(Cn2cnc3cc(N4CCOCC4)ccc32)cc1. The van der Waals surface area contributed by atoms with Crippen molar-refractivity contribution in [3.63, 3.8) is 0 Å². The van der Waals surface area contributed by atoms with E-state index in [9.17, 15) is 0 Å². The number of anilines is 1. The average Bonchev–Trinajstić information content (AvgIpc) is 3.05. The predicted octanol–water partition coefficient (Wildman–Crippen LogP) is 2.93. The van der Waals surface area contributed by atoms with Crippen molar-refractivity contribution in [2.75, 3.05) is 38.3 Å². The fraction of sp³-hybridized carbons (Fsp3) is 0.316. The molecule has 3 aromatic rings. The lowest BCUT2D eigenvalue weighted by molar-refractivity contribution is 0.122. The Bertz CT molecular complexity index is 820. The van der Waals surface area contributed by atoms with E-state index in [1.807, 2.05) is 18.5 Å². The smallest absolute Gasteiger partial charge is 0.118 e. The molecular formula is C19H21N3O2. The third-order valence-corrected chi connectivity index (χ3v) is 4.49. The van der Waals surface area contributed by atoms with Crippen LogP contribution in [0.25, 0.3) is 11.0 Å². The van der Waals surface area contributed by atoms with Crippen molar-refractivity contribution in [3.8, 4) is 5.75 Å². The molecule has 1 saturated heterocycles. The number of hydrogen-bond donors (Lipinski definition) is 0.